The van der Waals surface area contributed by atoms with Crippen molar-refractivity contribution in [2.24, 2.45) is 5.73 Å². The second-order valence-corrected chi connectivity index (χ2v) is 4.50. The minimum Gasteiger partial charge on any atom is -0.328 e. The third kappa shape index (κ3) is 5.37. The molecule has 1 rings (SSSR count). The molecule has 1 atom stereocenters. The molecule has 0 amide bonds. The highest BCUT2D eigenvalue weighted by molar-refractivity contribution is 4.81. The van der Waals surface area contributed by atoms with Crippen LogP contribution in [0.25, 0.3) is 0 Å². The van der Waals surface area contributed by atoms with Crippen LogP contribution in [0.15, 0.2) is 0 Å². The Kier molecular flexibility index (Phi) is 4.40. The lowest BCUT2D eigenvalue weighted by atomic mass is 9.91. The molecule has 5 heteroatoms. The van der Waals surface area contributed by atoms with Crippen molar-refractivity contribution >= 4 is 0 Å². The average Bonchev–Trinajstić information content (AvgIpc) is 2.05. The lowest BCUT2D eigenvalue weighted by Crippen LogP contribution is -2.43. The zero-order valence-electron chi connectivity index (χ0n) is 8.98. The predicted octanol–water partition coefficient (Wildman–Crippen LogP) is 2.19. The number of nitrogens with two attached hydrogens (primary N) is 1. The van der Waals surface area contributed by atoms with Crippen LogP contribution in [-0.4, -0.2) is 24.3 Å². The van der Waals surface area contributed by atoms with E-state index in [1.807, 2.05) is 0 Å². The lowest BCUT2D eigenvalue weighted by molar-refractivity contribution is -0.139. The Morgan fingerprint density at radius 1 is 1.27 bits per heavy atom. The molecule has 1 aliphatic carbocycles. The van der Waals surface area contributed by atoms with Crippen LogP contribution in [0.4, 0.5) is 13.2 Å². The van der Waals surface area contributed by atoms with Crippen molar-refractivity contribution in [3.05, 3.63) is 0 Å². The van der Waals surface area contributed by atoms with E-state index in [0.29, 0.717) is 0 Å². The standard InChI is InChI=1S/C10H19F3N2/c1-7(6-10(11,12)13)15-9-4-2-8(14)3-5-9/h7-9,15H,2-6,14H2,1H3. The van der Waals surface area contributed by atoms with Crippen molar-refractivity contribution in [2.75, 3.05) is 0 Å². The SMILES string of the molecule is CC(CC(F)(F)F)NC1CCC(N)CC1. The molecule has 1 aliphatic rings. The monoisotopic (exact) mass is 224 g/mol. The van der Waals surface area contributed by atoms with E-state index in [9.17, 15) is 13.2 Å². The van der Waals surface area contributed by atoms with Crippen molar-refractivity contribution in [3.63, 3.8) is 0 Å². The molecule has 0 aromatic heterocycles. The second-order valence-electron chi connectivity index (χ2n) is 4.50. The van der Waals surface area contributed by atoms with E-state index in [4.69, 9.17) is 5.73 Å². The van der Waals surface area contributed by atoms with Gasteiger partial charge in [-0.05, 0) is 32.6 Å². The molecule has 90 valence electrons. The van der Waals surface area contributed by atoms with E-state index in [-0.39, 0.29) is 12.1 Å². The van der Waals surface area contributed by atoms with Crippen molar-refractivity contribution in [2.45, 2.75) is 63.3 Å². The first kappa shape index (κ1) is 12.8. The van der Waals surface area contributed by atoms with Crippen molar-refractivity contribution in [1.29, 1.82) is 0 Å². The normalized spacial score (nSPS) is 30.2. The van der Waals surface area contributed by atoms with Gasteiger partial charge in [-0.15, -0.1) is 0 Å². The first-order chi connectivity index (χ1) is 6.87. The zero-order chi connectivity index (χ0) is 11.5. The van der Waals surface area contributed by atoms with E-state index >= 15 is 0 Å². The Morgan fingerprint density at radius 3 is 2.27 bits per heavy atom. The number of halogens is 3. The van der Waals surface area contributed by atoms with Crippen LogP contribution >= 0.6 is 0 Å². The van der Waals surface area contributed by atoms with Crippen molar-refractivity contribution < 1.29 is 13.2 Å². The summed E-state index contributed by atoms with van der Waals surface area (Å²) in [5.74, 6) is 0. The van der Waals surface area contributed by atoms with Gasteiger partial charge in [-0.3, -0.25) is 0 Å². The summed E-state index contributed by atoms with van der Waals surface area (Å²) >= 11 is 0. The molecule has 2 nitrogen and oxygen atoms in total. The van der Waals surface area contributed by atoms with Gasteiger partial charge < -0.3 is 11.1 Å². The molecule has 0 aromatic rings. The van der Waals surface area contributed by atoms with Gasteiger partial charge in [0, 0.05) is 18.1 Å². The largest absolute Gasteiger partial charge is 0.390 e. The van der Waals surface area contributed by atoms with Crippen LogP contribution in [0.5, 0.6) is 0 Å². The maximum atomic E-state index is 12.1. The number of hydrogen-bond acceptors (Lipinski definition) is 2. The smallest absolute Gasteiger partial charge is 0.328 e. The van der Waals surface area contributed by atoms with Crippen molar-refractivity contribution in [3.8, 4) is 0 Å². The summed E-state index contributed by atoms with van der Waals surface area (Å²) in [4.78, 5) is 0. The molecule has 1 saturated carbocycles. The number of alkyl halides is 3. The van der Waals surface area contributed by atoms with E-state index < -0.39 is 18.6 Å². The summed E-state index contributed by atoms with van der Waals surface area (Å²) in [6, 6.07) is -0.0487. The van der Waals surface area contributed by atoms with Gasteiger partial charge in [0.1, 0.15) is 0 Å². The first-order valence-corrected chi connectivity index (χ1v) is 5.45. The average molecular weight is 224 g/mol. The quantitative estimate of drug-likeness (QED) is 0.771. The topological polar surface area (TPSA) is 38.0 Å². The van der Waals surface area contributed by atoms with Gasteiger partial charge in [-0.1, -0.05) is 0 Å². The molecule has 1 fully saturated rings. The Bertz CT molecular complexity index is 186. The summed E-state index contributed by atoms with van der Waals surface area (Å²) in [6.45, 7) is 1.59. The summed E-state index contributed by atoms with van der Waals surface area (Å²) in [6.07, 6.45) is -1.22. The third-order valence-corrected chi connectivity index (χ3v) is 2.83. The molecule has 0 aliphatic heterocycles. The molecule has 0 aromatic carbocycles. The number of nitrogens with one attached hydrogen (secondary N) is 1. The van der Waals surface area contributed by atoms with Gasteiger partial charge >= 0.3 is 6.18 Å². The maximum Gasteiger partial charge on any atom is 0.390 e. The minimum absolute atomic E-state index is 0.210. The van der Waals surface area contributed by atoms with Crippen molar-refractivity contribution in [1.82, 2.24) is 5.32 Å². The molecule has 0 spiro atoms. The fourth-order valence-electron chi connectivity index (χ4n) is 2.09. The zero-order valence-corrected chi connectivity index (χ0v) is 8.98. The molecular weight excluding hydrogens is 205 g/mol. The fourth-order valence-corrected chi connectivity index (χ4v) is 2.09. The van der Waals surface area contributed by atoms with E-state index in [1.165, 1.54) is 0 Å². The second kappa shape index (κ2) is 5.16. The van der Waals surface area contributed by atoms with Crippen LogP contribution in [0.3, 0.4) is 0 Å². The van der Waals surface area contributed by atoms with E-state index in [0.717, 1.165) is 25.7 Å². The highest BCUT2D eigenvalue weighted by Crippen LogP contribution is 2.23. The molecule has 0 heterocycles. The highest BCUT2D eigenvalue weighted by Gasteiger charge is 2.31. The van der Waals surface area contributed by atoms with Crippen LogP contribution in [-0.2, 0) is 0 Å². The summed E-state index contributed by atoms with van der Waals surface area (Å²) in [7, 11) is 0. The fraction of sp³-hybridized carbons (Fsp3) is 1.00. The van der Waals surface area contributed by atoms with Gasteiger partial charge in [0.15, 0.2) is 0 Å². The Morgan fingerprint density at radius 2 is 1.80 bits per heavy atom. The molecule has 1 unspecified atom stereocenters. The summed E-state index contributed by atoms with van der Waals surface area (Å²) < 4.78 is 36.2. The Hall–Kier alpha value is -0.290. The van der Waals surface area contributed by atoms with Crippen LogP contribution in [0, 0.1) is 0 Å². The Labute approximate surface area is 88.4 Å². The number of hydrogen-bond donors (Lipinski definition) is 2. The molecule has 15 heavy (non-hydrogen) atoms. The third-order valence-electron chi connectivity index (χ3n) is 2.83. The first-order valence-electron chi connectivity index (χ1n) is 5.45. The van der Waals surface area contributed by atoms with Crippen LogP contribution in [0.1, 0.15) is 39.0 Å². The maximum absolute atomic E-state index is 12.1. The van der Waals surface area contributed by atoms with Gasteiger partial charge in [-0.2, -0.15) is 13.2 Å². The summed E-state index contributed by atoms with van der Waals surface area (Å²) in [5, 5.41) is 3.02. The molecule has 3 N–H and O–H groups in total. The molecule has 0 saturated heterocycles. The van der Waals surface area contributed by atoms with Crippen LogP contribution < -0.4 is 11.1 Å². The minimum atomic E-state index is -4.07. The highest BCUT2D eigenvalue weighted by atomic mass is 19.4. The van der Waals surface area contributed by atoms with Gasteiger partial charge in [0.2, 0.25) is 0 Å². The molecule has 0 bridgehead atoms. The lowest BCUT2D eigenvalue weighted by Gasteiger charge is -2.29. The Balaban J connectivity index is 2.23. The molecular formula is C10H19F3N2. The number of rotatable bonds is 3. The van der Waals surface area contributed by atoms with Crippen LogP contribution in [0.2, 0.25) is 0 Å². The van der Waals surface area contributed by atoms with Gasteiger partial charge in [0.25, 0.3) is 0 Å². The predicted molar refractivity (Wildman–Crippen MR) is 53.5 cm³/mol. The molecule has 0 radical (unpaired) electrons. The van der Waals surface area contributed by atoms with E-state index in [1.54, 1.807) is 6.92 Å². The van der Waals surface area contributed by atoms with Gasteiger partial charge in [0.05, 0.1) is 6.42 Å². The van der Waals surface area contributed by atoms with Gasteiger partial charge in [-0.25, -0.2) is 0 Å². The van der Waals surface area contributed by atoms with E-state index in [2.05, 4.69) is 5.32 Å². The summed E-state index contributed by atoms with van der Waals surface area (Å²) in [5.41, 5.74) is 5.72.